The highest BCUT2D eigenvalue weighted by atomic mass is 32.2. The van der Waals surface area contributed by atoms with Gasteiger partial charge in [-0.25, -0.2) is 9.98 Å². The van der Waals surface area contributed by atoms with Gasteiger partial charge in [-0.2, -0.15) is 0 Å². The molecule has 0 radical (unpaired) electrons. The molecule has 0 amide bonds. The van der Waals surface area contributed by atoms with Gasteiger partial charge in [-0.1, -0.05) is 0 Å². The Hall–Kier alpha value is -1.62. The third-order valence-electron chi connectivity index (χ3n) is 2.72. The number of ether oxygens (including phenoxy) is 1. The molecular weight excluding hydrogens is 260 g/mol. The number of hydrogen-bond donors (Lipinski definition) is 0. The SMILES string of the molecule is COc1ccc(C(=O)C2=NC(C)(C)N=C2SC)cc1. The second-order valence-electron chi connectivity index (χ2n) is 4.63. The van der Waals surface area contributed by atoms with Crippen molar-refractivity contribution < 1.29 is 9.53 Å². The molecule has 0 saturated carbocycles. The molecule has 4 nitrogen and oxygen atoms in total. The summed E-state index contributed by atoms with van der Waals surface area (Å²) in [4.78, 5) is 21.3. The van der Waals surface area contributed by atoms with E-state index in [1.54, 1.807) is 31.4 Å². The molecule has 0 aromatic heterocycles. The van der Waals surface area contributed by atoms with Gasteiger partial charge in [0, 0.05) is 5.56 Å². The van der Waals surface area contributed by atoms with Crippen LogP contribution in [0, 0.1) is 0 Å². The van der Waals surface area contributed by atoms with Crippen LogP contribution in [0.1, 0.15) is 24.2 Å². The Balaban J connectivity index is 2.31. The molecule has 0 N–H and O–H groups in total. The maximum absolute atomic E-state index is 12.4. The summed E-state index contributed by atoms with van der Waals surface area (Å²) in [7, 11) is 1.60. The van der Waals surface area contributed by atoms with E-state index in [1.807, 2.05) is 20.1 Å². The Labute approximate surface area is 117 Å². The van der Waals surface area contributed by atoms with E-state index in [4.69, 9.17) is 4.74 Å². The summed E-state index contributed by atoms with van der Waals surface area (Å²) >= 11 is 1.45. The van der Waals surface area contributed by atoms with E-state index >= 15 is 0 Å². The molecule has 0 unspecified atom stereocenters. The summed E-state index contributed by atoms with van der Waals surface area (Å²) in [6.45, 7) is 3.77. The highest BCUT2D eigenvalue weighted by Crippen LogP contribution is 2.24. The molecule has 0 bridgehead atoms. The molecule has 1 aliphatic heterocycles. The van der Waals surface area contributed by atoms with Gasteiger partial charge in [-0.15, -0.1) is 11.8 Å². The molecule has 0 saturated heterocycles. The Kier molecular flexibility index (Phi) is 3.75. The van der Waals surface area contributed by atoms with Gasteiger partial charge in [0.1, 0.15) is 22.2 Å². The van der Waals surface area contributed by atoms with E-state index in [0.29, 0.717) is 16.3 Å². The molecule has 100 valence electrons. The first-order chi connectivity index (χ1) is 8.96. The van der Waals surface area contributed by atoms with Crippen LogP contribution < -0.4 is 4.74 Å². The van der Waals surface area contributed by atoms with Gasteiger partial charge in [-0.05, 0) is 44.4 Å². The quantitative estimate of drug-likeness (QED) is 0.798. The van der Waals surface area contributed by atoms with E-state index in [-0.39, 0.29) is 5.78 Å². The highest BCUT2D eigenvalue weighted by Gasteiger charge is 2.31. The third kappa shape index (κ3) is 2.87. The van der Waals surface area contributed by atoms with Crippen LogP contribution in [0.25, 0.3) is 0 Å². The van der Waals surface area contributed by atoms with Crippen molar-refractivity contribution in [3.63, 3.8) is 0 Å². The number of ketones is 1. The lowest BCUT2D eigenvalue weighted by molar-refractivity contribution is 0.106. The number of rotatable bonds is 3. The maximum atomic E-state index is 12.4. The molecule has 0 aliphatic carbocycles. The van der Waals surface area contributed by atoms with Crippen molar-refractivity contribution in [2.75, 3.05) is 13.4 Å². The molecule has 5 heteroatoms. The van der Waals surface area contributed by atoms with Crippen LogP contribution in [0.4, 0.5) is 0 Å². The zero-order valence-corrected chi connectivity index (χ0v) is 12.2. The summed E-state index contributed by atoms with van der Waals surface area (Å²) < 4.78 is 5.08. The first kappa shape index (κ1) is 13.8. The topological polar surface area (TPSA) is 51.0 Å². The smallest absolute Gasteiger partial charge is 0.213 e. The molecule has 0 fully saturated rings. The second-order valence-corrected chi connectivity index (χ2v) is 5.43. The first-order valence-corrected chi connectivity index (χ1v) is 7.12. The van der Waals surface area contributed by atoms with Crippen LogP contribution in [-0.4, -0.2) is 35.6 Å². The lowest BCUT2D eigenvalue weighted by atomic mass is 10.1. The van der Waals surface area contributed by atoms with Gasteiger partial charge in [-0.3, -0.25) is 4.79 Å². The van der Waals surface area contributed by atoms with E-state index in [1.165, 1.54) is 11.8 Å². The largest absolute Gasteiger partial charge is 0.497 e. The second kappa shape index (κ2) is 5.17. The van der Waals surface area contributed by atoms with E-state index < -0.39 is 5.66 Å². The van der Waals surface area contributed by atoms with Crippen molar-refractivity contribution in [3.05, 3.63) is 29.8 Å². The third-order valence-corrected chi connectivity index (χ3v) is 3.40. The minimum absolute atomic E-state index is 0.0960. The lowest BCUT2D eigenvalue weighted by Crippen LogP contribution is -2.20. The standard InChI is InChI=1S/C14H16N2O2S/c1-14(2)15-11(13(16-14)19-4)12(17)9-5-7-10(18-3)8-6-9/h5-8H,1-4H3. The maximum Gasteiger partial charge on any atom is 0.213 e. The summed E-state index contributed by atoms with van der Waals surface area (Å²) in [6.07, 6.45) is 1.90. The van der Waals surface area contributed by atoms with Crippen molar-refractivity contribution in [1.82, 2.24) is 0 Å². The Morgan fingerprint density at radius 2 is 1.84 bits per heavy atom. The number of carbonyl (C=O) groups is 1. The fraction of sp³-hybridized carbons (Fsp3) is 0.357. The fourth-order valence-corrected chi connectivity index (χ4v) is 2.46. The van der Waals surface area contributed by atoms with Crippen LogP contribution >= 0.6 is 11.8 Å². The zero-order valence-electron chi connectivity index (χ0n) is 11.4. The van der Waals surface area contributed by atoms with Crippen molar-refractivity contribution in [2.45, 2.75) is 19.5 Å². The van der Waals surface area contributed by atoms with Gasteiger partial charge in [0.2, 0.25) is 5.78 Å². The average molecular weight is 276 g/mol. The average Bonchev–Trinajstić information content (AvgIpc) is 2.73. The number of nitrogens with zero attached hydrogens (tertiary/aromatic N) is 2. The van der Waals surface area contributed by atoms with Crippen molar-refractivity contribution in [1.29, 1.82) is 0 Å². The molecule has 2 rings (SSSR count). The van der Waals surface area contributed by atoms with Crippen LogP contribution in [-0.2, 0) is 0 Å². The summed E-state index contributed by atoms with van der Waals surface area (Å²) in [5.41, 5.74) is 0.497. The number of aliphatic imine (C=N–C) groups is 2. The van der Waals surface area contributed by atoms with Gasteiger partial charge in [0.15, 0.2) is 0 Å². The normalized spacial score (nSPS) is 16.8. The predicted octanol–water partition coefficient (Wildman–Crippen LogP) is 2.83. The Morgan fingerprint density at radius 1 is 1.21 bits per heavy atom. The molecular formula is C14H16N2O2S. The number of methoxy groups -OCH3 is 1. The molecule has 1 aromatic carbocycles. The summed E-state index contributed by atoms with van der Waals surface area (Å²) in [6, 6.07) is 7.02. The Morgan fingerprint density at radius 3 is 2.37 bits per heavy atom. The number of thioether (sulfide) groups is 1. The summed E-state index contributed by atoms with van der Waals surface area (Å²) in [5.74, 6) is 0.630. The van der Waals surface area contributed by atoms with Crippen LogP contribution in [0.5, 0.6) is 5.75 Å². The van der Waals surface area contributed by atoms with E-state index in [0.717, 1.165) is 5.75 Å². The molecule has 0 atom stereocenters. The minimum atomic E-state index is -0.546. The molecule has 1 aromatic rings. The number of carbonyl (C=O) groups excluding carboxylic acids is 1. The molecule has 1 heterocycles. The van der Waals surface area contributed by atoms with Crippen LogP contribution in [0.3, 0.4) is 0 Å². The number of hydrogen-bond acceptors (Lipinski definition) is 5. The van der Waals surface area contributed by atoms with Crippen LogP contribution in [0.2, 0.25) is 0 Å². The monoisotopic (exact) mass is 276 g/mol. The Bertz CT molecular complexity index is 559. The fourth-order valence-electron chi connectivity index (χ4n) is 1.82. The summed E-state index contributed by atoms with van der Waals surface area (Å²) in [5, 5.41) is 0.700. The first-order valence-electron chi connectivity index (χ1n) is 5.89. The molecule has 1 aliphatic rings. The number of benzene rings is 1. The van der Waals surface area contributed by atoms with E-state index in [2.05, 4.69) is 9.98 Å². The van der Waals surface area contributed by atoms with Gasteiger partial charge >= 0.3 is 0 Å². The zero-order chi connectivity index (χ0) is 14.0. The lowest BCUT2D eigenvalue weighted by Gasteiger charge is -2.07. The van der Waals surface area contributed by atoms with Crippen molar-refractivity contribution >= 4 is 28.3 Å². The van der Waals surface area contributed by atoms with Crippen LogP contribution in [0.15, 0.2) is 34.3 Å². The van der Waals surface area contributed by atoms with Gasteiger partial charge in [0.25, 0.3) is 0 Å². The van der Waals surface area contributed by atoms with Crippen molar-refractivity contribution in [3.8, 4) is 5.75 Å². The van der Waals surface area contributed by atoms with Gasteiger partial charge < -0.3 is 4.74 Å². The predicted molar refractivity (Wildman–Crippen MR) is 79.8 cm³/mol. The highest BCUT2D eigenvalue weighted by molar-refractivity contribution is 8.15. The van der Waals surface area contributed by atoms with Gasteiger partial charge in [0.05, 0.1) is 7.11 Å². The number of Topliss-reactive ketones (excluding diaryl/α,β-unsaturated/α-hetero) is 1. The van der Waals surface area contributed by atoms with Crippen molar-refractivity contribution in [2.24, 2.45) is 9.98 Å². The molecule has 19 heavy (non-hydrogen) atoms. The molecule has 0 spiro atoms. The van der Waals surface area contributed by atoms with E-state index in [9.17, 15) is 4.79 Å². The minimum Gasteiger partial charge on any atom is -0.497 e.